The Morgan fingerprint density at radius 1 is 0.621 bits per heavy atom. The van der Waals surface area contributed by atoms with Crippen molar-refractivity contribution in [1.82, 2.24) is 14.1 Å². The third kappa shape index (κ3) is 6.62. The summed E-state index contributed by atoms with van der Waals surface area (Å²) in [6.45, 7) is 6.71. The van der Waals surface area contributed by atoms with Gasteiger partial charge in [0.1, 0.15) is 5.82 Å². The van der Waals surface area contributed by atoms with Gasteiger partial charge < -0.3 is 13.9 Å². The SMILES string of the molecule is CC(C)(C)c1ccnc(-n2c3[c-]c(Oc4[c-]c(-n5[c-][n+](-c6ccccc6)c6ccccc65)ccc4)ccc3c3c(-c4ccccc4)ccc(-c4ccccc4)c32)c1.[Pt]. The van der Waals surface area contributed by atoms with Crippen LogP contribution in [0.4, 0.5) is 0 Å². The molecule has 10 aromatic rings. The Hall–Kier alpha value is -6.55. The second kappa shape index (κ2) is 15.1. The summed E-state index contributed by atoms with van der Waals surface area (Å²) in [5.74, 6) is 1.98. The zero-order chi connectivity index (χ0) is 38.5. The summed E-state index contributed by atoms with van der Waals surface area (Å²) in [6, 6.07) is 66.0. The van der Waals surface area contributed by atoms with Crippen molar-refractivity contribution in [3.8, 4) is 50.9 Å². The second-order valence-corrected chi connectivity index (χ2v) is 15.3. The molecule has 0 spiro atoms. The van der Waals surface area contributed by atoms with Gasteiger partial charge in [0.25, 0.3) is 6.33 Å². The van der Waals surface area contributed by atoms with Crippen molar-refractivity contribution in [1.29, 1.82) is 0 Å². The van der Waals surface area contributed by atoms with Crippen molar-refractivity contribution < 1.29 is 30.4 Å². The van der Waals surface area contributed by atoms with Gasteiger partial charge in [-0.2, -0.15) is 18.2 Å². The summed E-state index contributed by atoms with van der Waals surface area (Å²) in [4.78, 5) is 5.03. The Morgan fingerprint density at radius 2 is 1.28 bits per heavy atom. The molecule has 0 aliphatic heterocycles. The standard InChI is InChI=1S/C52H38N4O.Pt/c1-52(2,3)38-30-31-53-49(32-38)56-48-34-42(26-27-45(48)50-43(36-16-7-4-8-17-36)28-29-44(51(50)56)37-18-9-5-10-19-37)57-41-23-15-22-40(33-41)55-35-54(39-20-11-6-12-21-39)46-24-13-14-25-47(46)55;/h4-32H,1-3H3;/q-2;. The topological polar surface area (TPSA) is 35.9 Å². The van der Waals surface area contributed by atoms with Gasteiger partial charge in [-0.1, -0.05) is 142 Å². The molecule has 5 nitrogen and oxygen atoms in total. The van der Waals surface area contributed by atoms with Gasteiger partial charge in [0.15, 0.2) is 0 Å². The number of rotatable bonds is 7. The fourth-order valence-corrected chi connectivity index (χ4v) is 7.81. The number of ether oxygens (including phenoxy) is 1. The molecular weight excluding hydrogens is 892 g/mol. The van der Waals surface area contributed by atoms with Gasteiger partial charge in [-0.15, -0.1) is 29.7 Å². The van der Waals surface area contributed by atoms with E-state index in [9.17, 15) is 0 Å². The van der Waals surface area contributed by atoms with Crippen LogP contribution >= 0.6 is 0 Å². The van der Waals surface area contributed by atoms with Crippen LogP contribution in [0.5, 0.6) is 11.5 Å². The molecule has 0 N–H and O–H groups in total. The summed E-state index contributed by atoms with van der Waals surface area (Å²) < 4.78 is 13.0. The molecule has 0 radical (unpaired) electrons. The third-order valence-corrected chi connectivity index (χ3v) is 10.6. The minimum atomic E-state index is -0.0738. The molecule has 0 unspecified atom stereocenters. The van der Waals surface area contributed by atoms with Crippen LogP contribution in [-0.4, -0.2) is 14.1 Å². The summed E-state index contributed by atoms with van der Waals surface area (Å²) in [6.07, 6.45) is 5.48. The molecule has 7 aromatic carbocycles. The molecule has 284 valence electrons. The fourth-order valence-electron chi connectivity index (χ4n) is 7.81. The summed E-state index contributed by atoms with van der Waals surface area (Å²) in [5, 5.41) is 2.20. The molecule has 3 heterocycles. The van der Waals surface area contributed by atoms with E-state index in [-0.39, 0.29) is 26.5 Å². The van der Waals surface area contributed by atoms with Crippen LogP contribution in [0.2, 0.25) is 0 Å². The Bertz CT molecular complexity index is 3070. The summed E-state index contributed by atoms with van der Waals surface area (Å²) in [5.41, 5.74) is 11.5. The second-order valence-electron chi connectivity index (χ2n) is 15.3. The average Bonchev–Trinajstić information content (AvgIpc) is 3.81. The molecule has 3 aromatic heterocycles. The number of hydrogen-bond donors (Lipinski definition) is 0. The van der Waals surface area contributed by atoms with E-state index in [2.05, 4.69) is 170 Å². The smallest absolute Gasteiger partial charge is 0.268 e. The van der Waals surface area contributed by atoms with E-state index in [4.69, 9.17) is 9.72 Å². The zero-order valence-electron chi connectivity index (χ0n) is 32.3. The number of fused-ring (bicyclic) bond motifs is 4. The number of aromatic nitrogens is 4. The van der Waals surface area contributed by atoms with E-state index < -0.39 is 0 Å². The van der Waals surface area contributed by atoms with Crippen molar-refractivity contribution in [3.63, 3.8) is 0 Å². The van der Waals surface area contributed by atoms with Gasteiger partial charge in [-0.05, 0) is 63.0 Å². The molecule has 0 fully saturated rings. The van der Waals surface area contributed by atoms with Gasteiger partial charge in [0.05, 0.1) is 16.7 Å². The minimum absolute atomic E-state index is 0. The Morgan fingerprint density at radius 3 is 2.02 bits per heavy atom. The average molecular weight is 930 g/mol. The summed E-state index contributed by atoms with van der Waals surface area (Å²) >= 11 is 0. The van der Waals surface area contributed by atoms with Crippen molar-refractivity contribution in [2.75, 3.05) is 0 Å². The number of pyridine rings is 1. The quantitative estimate of drug-likeness (QED) is 0.118. The predicted molar refractivity (Wildman–Crippen MR) is 230 cm³/mol. The van der Waals surface area contributed by atoms with Gasteiger partial charge in [0.2, 0.25) is 0 Å². The van der Waals surface area contributed by atoms with Crippen LogP contribution in [0.3, 0.4) is 0 Å². The first-order valence-corrected chi connectivity index (χ1v) is 19.2. The van der Waals surface area contributed by atoms with Crippen LogP contribution in [0.1, 0.15) is 26.3 Å². The van der Waals surface area contributed by atoms with Gasteiger partial charge in [-0.25, -0.2) is 4.98 Å². The van der Waals surface area contributed by atoms with Crippen LogP contribution in [-0.2, 0) is 26.5 Å². The maximum absolute atomic E-state index is 6.67. The van der Waals surface area contributed by atoms with Crippen molar-refractivity contribution >= 4 is 32.8 Å². The Labute approximate surface area is 352 Å². The summed E-state index contributed by atoms with van der Waals surface area (Å²) in [7, 11) is 0. The van der Waals surface area contributed by atoms with Crippen molar-refractivity contribution in [2.24, 2.45) is 0 Å². The van der Waals surface area contributed by atoms with Gasteiger partial charge in [-0.3, -0.25) is 4.57 Å². The first-order chi connectivity index (χ1) is 27.9. The molecule has 6 heteroatoms. The van der Waals surface area contributed by atoms with Crippen LogP contribution < -0.4 is 9.30 Å². The fraction of sp³-hybridized carbons (Fsp3) is 0.0769. The molecule has 58 heavy (non-hydrogen) atoms. The van der Waals surface area contributed by atoms with E-state index in [0.29, 0.717) is 11.5 Å². The number of benzene rings is 7. The number of para-hydroxylation sites is 3. The van der Waals surface area contributed by atoms with E-state index in [1.54, 1.807) is 0 Å². The first kappa shape index (κ1) is 37.0. The molecule has 0 aliphatic rings. The molecule has 0 bridgehead atoms. The maximum atomic E-state index is 6.67. The minimum Gasteiger partial charge on any atom is -0.510 e. The predicted octanol–water partition coefficient (Wildman–Crippen LogP) is 12.2. The molecule has 0 saturated heterocycles. The molecular formula is C52H38N4OPt-2. The number of hydrogen-bond acceptors (Lipinski definition) is 2. The monoisotopic (exact) mass is 929 g/mol. The van der Waals surface area contributed by atoms with Crippen molar-refractivity contribution in [3.05, 3.63) is 200 Å². The largest absolute Gasteiger partial charge is 0.510 e. The van der Waals surface area contributed by atoms with E-state index in [1.807, 2.05) is 59.3 Å². The molecule has 0 atom stereocenters. The molecule has 0 saturated carbocycles. The normalized spacial score (nSPS) is 11.6. The van der Waals surface area contributed by atoms with E-state index >= 15 is 0 Å². The Balaban J connectivity index is 0.00000436. The zero-order valence-corrected chi connectivity index (χ0v) is 34.5. The Kier molecular flexibility index (Phi) is 9.63. The first-order valence-electron chi connectivity index (χ1n) is 19.2. The van der Waals surface area contributed by atoms with Gasteiger partial charge in [0, 0.05) is 49.8 Å². The number of nitrogens with zero attached hydrogens (tertiary/aromatic N) is 4. The molecule has 0 amide bonds. The van der Waals surface area contributed by atoms with E-state index in [0.717, 1.165) is 72.3 Å². The van der Waals surface area contributed by atoms with Crippen LogP contribution in [0.15, 0.2) is 176 Å². The van der Waals surface area contributed by atoms with Gasteiger partial charge >= 0.3 is 0 Å². The maximum Gasteiger partial charge on any atom is 0.268 e. The van der Waals surface area contributed by atoms with Crippen molar-refractivity contribution in [2.45, 2.75) is 26.2 Å². The van der Waals surface area contributed by atoms with E-state index in [1.165, 1.54) is 5.56 Å². The molecule has 10 rings (SSSR count). The van der Waals surface area contributed by atoms with Crippen LogP contribution in [0.25, 0.3) is 72.3 Å². The molecule has 0 aliphatic carbocycles. The van der Waals surface area contributed by atoms with Crippen LogP contribution in [0, 0.1) is 18.5 Å². The number of imidazole rings is 1. The third-order valence-electron chi connectivity index (χ3n) is 10.6.